The van der Waals surface area contributed by atoms with Crippen LogP contribution >= 0.6 is 0 Å². The lowest BCUT2D eigenvalue weighted by atomic mass is 9.78. The molecule has 2 fully saturated rings. The van der Waals surface area contributed by atoms with Crippen molar-refractivity contribution in [3.05, 3.63) is 71.0 Å². The van der Waals surface area contributed by atoms with E-state index in [4.69, 9.17) is 4.74 Å². The summed E-state index contributed by atoms with van der Waals surface area (Å²) >= 11 is 0. The van der Waals surface area contributed by atoms with Gasteiger partial charge in [-0.3, -0.25) is 4.79 Å². The normalized spacial score (nSPS) is 16.5. The van der Waals surface area contributed by atoms with Crippen LogP contribution in [0.1, 0.15) is 27.3 Å². The fraction of sp³-hybridized carbons (Fsp3) is 0.308. The van der Waals surface area contributed by atoms with Crippen LogP contribution < -0.4 is 10.2 Å². The van der Waals surface area contributed by atoms with Gasteiger partial charge in [0.2, 0.25) is 0 Å². The molecule has 0 aliphatic carbocycles. The molecule has 37 heavy (non-hydrogen) atoms. The quantitative estimate of drug-likeness (QED) is 0.437. The molecule has 1 spiro atoms. The van der Waals surface area contributed by atoms with Crippen LogP contribution in [-0.4, -0.2) is 51.8 Å². The highest BCUT2D eigenvalue weighted by molar-refractivity contribution is 6.04. The minimum absolute atomic E-state index is 0.0729. The third kappa shape index (κ3) is 3.99. The van der Waals surface area contributed by atoms with Gasteiger partial charge in [0.25, 0.3) is 5.91 Å². The molecule has 0 bridgehead atoms. The predicted octanol–water partition coefficient (Wildman–Crippen LogP) is 4.52. The lowest BCUT2D eigenvalue weighted by Crippen LogP contribution is -2.66. The van der Waals surface area contributed by atoms with E-state index in [1.54, 1.807) is 26.0 Å². The maximum atomic E-state index is 13.7. The molecule has 1 amide bonds. The average molecular weight is 509 g/mol. The summed E-state index contributed by atoms with van der Waals surface area (Å²) in [5.74, 6) is 0.610. The van der Waals surface area contributed by atoms with E-state index in [2.05, 4.69) is 25.3 Å². The number of hydrogen-bond donors (Lipinski definition) is 1. The maximum absolute atomic E-state index is 13.7. The zero-order valence-electron chi connectivity index (χ0n) is 20.1. The van der Waals surface area contributed by atoms with Crippen LogP contribution in [0.25, 0.3) is 16.9 Å². The fourth-order valence-corrected chi connectivity index (χ4v) is 4.97. The summed E-state index contributed by atoms with van der Waals surface area (Å²) in [5.41, 5.74) is 0.966. The van der Waals surface area contributed by atoms with E-state index in [0.717, 1.165) is 38.2 Å². The molecule has 190 valence electrons. The number of alkyl halides is 3. The van der Waals surface area contributed by atoms with Gasteiger partial charge in [0.05, 0.1) is 35.6 Å². The van der Waals surface area contributed by atoms with E-state index in [9.17, 15) is 18.0 Å². The first kappa shape index (κ1) is 23.4. The molecule has 1 N–H and O–H groups in total. The minimum atomic E-state index is -4.55. The topological polar surface area (TPSA) is 84.7 Å². The number of nitrogens with one attached hydrogen (secondary N) is 1. The number of benzene rings is 1. The summed E-state index contributed by atoms with van der Waals surface area (Å²) in [6.45, 7) is 6.62. The van der Waals surface area contributed by atoms with Crippen LogP contribution in [0.3, 0.4) is 0 Å². The molecule has 0 unspecified atom stereocenters. The predicted molar refractivity (Wildman–Crippen MR) is 131 cm³/mol. The number of rotatable bonds is 4. The van der Waals surface area contributed by atoms with Crippen molar-refractivity contribution in [1.29, 1.82) is 0 Å². The van der Waals surface area contributed by atoms with Crippen LogP contribution in [0.2, 0.25) is 0 Å². The summed E-state index contributed by atoms with van der Waals surface area (Å²) in [6.07, 6.45) is -4.55. The molecule has 2 aliphatic heterocycles. The van der Waals surface area contributed by atoms with Crippen LogP contribution in [0, 0.1) is 19.3 Å². The Labute approximate surface area is 210 Å². The number of fused-ring (bicyclic) bond motifs is 1. The van der Waals surface area contributed by atoms with E-state index < -0.39 is 17.6 Å². The third-order valence-electron chi connectivity index (χ3n) is 6.83. The van der Waals surface area contributed by atoms with Crippen molar-refractivity contribution in [2.24, 2.45) is 5.41 Å². The molecule has 5 heterocycles. The highest BCUT2D eigenvalue weighted by Gasteiger charge is 2.49. The summed E-state index contributed by atoms with van der Waals surface area (Å²) in [4.78, 5) is 24.5. The molecule has 2 aliphatic rings. The summed E-state index contributed by atoms with van der Waals surface area (Å²) in [5, 5.41) is 7.22. The van der Waals surface area contributed by atoms with Crippen LogP contribution in [-0.2, 0) is 10.9 Å². The fourth-order valence-electron chi connectivity index (χ4n) is 4.97. The largest absolute Gasteiger partial charge is 0.417 e. The number of ether oxygens (including phenoxy) is 1. The van der Waals surface area contributed by atoms with Crippen LogP contribution in [0.4, 0.5) is 24.8 Å². The maximum Gasteiger partial charge on any atom is 0.417 e. The van der Waals surface area contributed by atoms with Gasteiger partial charge in [-0.2, -0.15) is 18.3 Å². The zero-order valence-corrected chi connectivity index (χ0v) is 20.1. The molecule has 4 aromatic rings. The number of amides is 1. The lowest BCUT2D eigenvalue weighted by Gasteiger charge is -2.55. The van der Waals surface area contributed by atoms with Crippen molar-refractivity contribution in [2.75, 3.05) is 36.5 Å². The molecule has 1 aromatic carbocycles. The first-order chi connectivity index (χ1) is 17.6. The molecule has 3 aromatic heterocycles. The Morgan fingerprint density at radius 1 is 1.05 bits per heavy atom. The second-order valence-electron chi connectivity index (χ2n) is 9.72. The van der Waals surface area contributed by atoms with E-state index >= 15 is 0 Å². The van der Waals surface area contributed by atoms with Gasteiger partial charge in [0.1, 0.15) is 11.6 Å². The highest BCUT2D eigenvalue weighted by atomic mass is 19.4. The number of anilines is 2. The number of halogens is 3. The number of imidazole rings is 1. The Morgan fingerprint density at radius 3 is 2.51 bits per heavy atom. The molecule has 6 rings (SSSR count). The highest BCUT2D eigenvalue weighted by Crippen LogP contribution is 2.40. The second kappa shape index (κ2) is 8.27. The monoisotopic (exact) mass is 508 g/mol. The Balaban J connectivity index is 1.33. The number of hydrogen-bond acceptors (Lipinski definition) is 6. The minimum Gasteiger partial charge on any atom is -0.380 e. The molecule has 11 heteroatoms. The molecule has 2 saturated heterocycles. The number of aromatic nitrogens is 4. The first-order valence-corrected chi connectivity index (χ1v) is 11.8. The average Bonchev–Trinajstić information content (AvgIpc) is 3.13. The van der Waals surface area contributed by atoms with Crippen molar-refractivity contribution >= 4 is 23.2 Å². The van der Waals surface area contributed by atoms with Gasteiger partial charge in [-0.15, -0.1) is 0 Å². The number of pyridine rings is 1. The molecule has 0 atom stereocenters. The second-order valence-corrected chi connectivity index (χ2v) is 9.72. The number of carbonyl (C=O) groups excluding carboxylic acids is 1. The van der Waals surface area contributed by atoms with Crippen LogP contribution in [0.5, 0.6) is 0 Å². The van der Waals surface area contributed by atoms with Gasteiger partial charge in [-0.1, -0.05) is 24.3 Å². The summed E-state index contributed by atoms with van der Waals surface area (Å²) in [6, 6.07) is 12.2. The molecule has 0 radical (unpaired) electrons. The number of aryl methyl sites for hydroxylation is 2. The first-order valence-electron chi connectivity index (χ1n) is 11.8. The lowest BCUT2D eigenvalue weighted by molar-refractivity contribution is -0.137. The van der Waals surface area contributed by atoms with Crippen molar-refractivity contribution in [3.8, 4) is 11.3 Å². The molecular weight excluding hydrogens is 485 g/mol. The SMILES string of the molecule is Cc1nc2c(C)cc(-c3ccccc3C(F)(F)F)nn2c1C(=O)Nc1cccc(N2CC3(COC3)C2)n1. The van der Waals surface area contributed by atoms with Gasteiger partial charge in [0.15, 0.2) is 11.3 Å². The van der Waals surface area contributed by atoms with Crippen molar-refractivity contribution in [3.63, 3.8) is 0 Å². The van der Waals surface area contributed by atoms with Crippen LogP contribution in [0.15, 0.2) is 48.5 Å². The number of nitrogens with zero attached hydrogens (tertiary/aromatic N) is 5. The van der Waals surface area contributed by atoms with Crippen molar-refractivity contribution < 1.29 is 22.7 Å². The standard InChI is InChI=1S/C26H23F3N6O2/c1-15-10-19(17-6-3-4-7-18(17)26(27,28)29)33-35-22(16(2)30-23(15)35)24(36)32-20-8-5-9-21(31-20)34-11-25(12-34)13-37-14-25/h3-10H,11-14H2,1-2H3,(H,31,32,36). The van der Waals surface area contributed by atoms with Crippen molar-refractivity contribution in [2.45, 2.75) is 20.0 Å². The Kier molecular flexibility index (Phi) is 5.23. The summed E-state index contributed by atoms with van der Waals surface area (Å²) in [7, 11) is 0. The Morgan fingerprint density at radius 2 is 1.81 bits per heavy atom. The van der Waals surface area contributed by atoms with Gasteiger partial charge >= 0.3 is 6.18 Å². The number of carbonyl (C=O) groups is 1. The van der Waals surface area contributed by atoms with E-state index in [-0.39, 0.29) is 22.4 Å². The third-order valence-corrected chi connectivity index (χ3v) is 6.83. The Bertz CT molecular complexity index is 1540. The zero-order chi connectivity index (χ0) is 25.9. The smallest absolute Gasteiger partial charge is 0.380 e. The molecule has 8 nitrogen and oxygen atoms in total. The van der Waals surface area contributed by atoms with Gasteiger partial charge in [-0.25, -0.2) is 14.5 Å². The van der Waals surface area contributed by atoms with E-state index in [1.807, 2.05) is 12.1 Å². The van der Waals surface area contributed by atoms with Gasteiger partial charge in [0, 0.05) is 18.7 Å². The Hall–Kier alpha value is -3.99. The molecule has 0 saturated carbocycles. The van der Waals surface area contributed by atoms with Gasteiger partial charge in [-0.05, 0) is 43.7 Å². The van der Waals surface area contributed by atoms with E-state index in [0.29, 0.717) is 22.7 Å². The van der Waals surface area contributed by atoms with Gasteiger partial charge < -0.3 is 15.0 Å². The summed E-state index contributed by atoms with van der Waals surface area (Å²) < 4.78 is 47.6. The molecular formula is C26H23F3N6O2. The van der Waals surface area contributed by atoms with E-state index in [1.165, 1.54) is 22.7 Å². The van der Waals surface area contributed by atoms with Crippen molar-refractivity contribution in [1.82, 2.24) is 19.6 Å².